The van der Waals surface area contributed by atoms with E-state index in [2.05, 4.69) is 31.9 Å². The van der Waals surface area contributed by atoms with Crippen LogP contribution in [0.3, 0.4) is 0 Å². The molecular weight excluding hydrogens is 336 g/mol. The number of pyridine rings is 2. The first kappa shape index (κ1) is 18.2. The predicted octanol–water partition coefficient (Wildman–Crippen LogP) is 3.72. The van der Waals surface area contributed by atoms with Crippen molar-refractivity contribution < 1.29 is 4.74 Å². The highest BCUT2D eigenvalue weighted by molar-refractivity contribution is 5.37. The zero-order chi connectivity index (χ0) is 18.5. The molecule has 2 fully saturated rings. The molecule has 4 rings (SSSR count). The van der Waals surface area contributed by atoms with Gasteiger partial charge in [-0.3, -0.25) is 4.98 Å². The lowest BCUT2D eigenvalue weighted by Crippen LogP contribution is -2.41. The Labute approximate surface area is 162 Å². The topological polar surface area (TPSA) is 41.5 Å². The maximum absolute atomic E-state index is 5.52. The van der Waals surface area contributed by atoms with E-state index in [1.807, 2.05) is 30.6 Å². The number of aromatic nitrogens is 2. The van der Waals surface area contributed by atoms with Gasteiger partial charge in [0.25, 0.3) is 0 Å². The van der Waals surface area contributed by atoms with Gasteiger partial charge in [-0.05, 0) is 69.5 Å². The van der Waals surface area contributed by atoms with E-state index < -0.39 is 0 Å². The van der Waals surface area contributed by atoms with Crippen molar-refractivity contribution in [2.24, 2.45) is 0 Å². The quantitative estimate of drug-likeness (QED) is 0.825. The molecule has 0 aromatic carbocycles. The Hall–Kier alpha value is -2.14. The summed E-state index contributed by atoms with van der Waals surface area (Å²) in [7, 11) is 1.74. The van der Waals surface area contributed by atoms with Crippen LogP contribution < -0.4 is 9.64 Å². The number of hydrogen-bond acceptors (Lipinski definition) is 5. The molecular formula is C22H30N4O. The van der Waals surface area contributed by atoms with Crippen LogP contribution in [0, 0.1) is 0 Å². The molecule has 0 saturated carbocycles. The van der Waals surface area contributed by atoms with Crippen molar-refractivity contribution in [3.63, 3.8) is 0 Å². The largest absolute Gasteiger partial charge is 0.495 e. The first-order valence-electron chi connectivity index (χ1n) is 10.2. The standard InChI is InChI=1S/C22H30N4O/c1-27-20-7-4-13-24-22(20)18-9-15-25(16-10-18)19-6-5-14-26(17-11-19)21-8-2-3-12-23-21/h2-4,7-8,12-13,18-19H,5-6,9-11,14-17H2,1H3. The van der Waals surface area contributed by atoms with Gasteiger partial charge in [0.05, 0.1) is 12.8 Å². The van der Waals surface area contributed by atoms with Gasteiger partial charge >= 0.3 is 0 Å². The number of ether oxygens (including phenoxy) is 1. The summed E-state index contributed by atoms with van der Waals surface area (Å²) in [5, 5.41) is 0. The highest BCUT2D eigenvalue weighted by Gasteiger charge is 2.29. The molecule has 1 atom stereocenters. The lowest BCUT2D eigenvalue weighted by Gasteiger charge is -2.37. The normalized spacial score (nSPS) is 22.4. The lowest BCUT2D eigenvalue weighted by atomic mass is 9.91. The minimum Gasteiger partial charge on any atom is -0.495 e. The predicted molar refractivity (Wildman–Crippen MR) is 108 cm³/mol. The van der Waals surface area contributed by atoms with Gasteiger partial charge in [0, 0.05) is 37.4 Å². The summed E-state index contributed by atoms with van der Waals surface area (Å²) in [4.78, 5) is 14.3. The Kier molecular flexibility index (Phi) is 5.87. The third kappa shape index (κ3) is 4.24. The summed E-state index contributed by atoms with van der Waals surface area (Å²) < 4.78 is 5.52. The van der Waals surface area contributed by atoms with Gasteiger partial charge < -0.3 is 14.5 Å². The highest BCUT2D eigenvalue weighted by atomic mass is 16.5. The Morgan fingerprint density at radius 3 is 2.52 bits per heavy atom. The van der Waals surface area contributed by atoms with Gasteiger partial charge in [-0.2, -0.15) is 0 Å². The number of piperidine rings is 1. The maximum Gasteiger partial charge on any atom is 0.140 e. The van der Waals surface area contributed by atoms with Crippen molar-refractivity contribution in [2.45, 2.75) is 44.1 Å². The van der Waals surface area contributed by atoms with Crippen molar-refractivity contribution in [1.82, 2.24) is 14.9 Å². The molecule has 5 heteroatoms. The van der Waals surface area contributed by atoms with E-state index in [1.54, 1.807) is 7.11 Å². The minimum absolute atomic E-state index is 0.521. The molecule has 144 valence electrons. The summed E-state index contributed by atoms with van der Waals surface area (Å²) >= 11 is 0. The van der Waals surface area contributed by atoms with Crippen LogP contribution in [0.15, 0.2) is 42.7 Å². The summed E-state index contributed by atoms with van der Waals surface area (Å²) in [6, 6.07) is 10.9. The Balaban J connectivity index is 1.33. The van der Waals surface area contributed by atoms with Crippen molar-refractivity contribution in [3.8, 4) is 5.75 Å². The Morgan fingerprint density at radius 2 is 1.74 bits per heavy atom. The van der Waals surface area contributed by atoms with Crippen LogP contribution in [-0.4, -0.2) is 54.2 Å². The molecule has 4 heterocycles. The van der Waals surface area contributed by atoms with Crippen molar-refractivity contribution in [2.75, 3.05) is 38.2 Å². The molecule has 0 bridgehead atoms. The molecule has 0 radical (unpaired) electrons. The van der Waals surface area contributed by atoms with Crippen LogP contribution in [0.25, 0.3) is 0 Å². The summed E-state index contributed by atoms with van der Waals surface area (Å²) in [6.45, 7) is 4.56. The highest BCUT2D eigenvalue weighted by Crippen LogP contribution is 2.34. The van der Waals surface area contributed by atoms with Gasteiger partial charge in [-0.15, -0.1) is 0 Å². The van der Waals surface area contributed by atoms with E-state index in [4.69, 9.17) is 4.74 Å². The molecule has 2 aromatic heterocycles. The molecule has 2 aromatic rings. The van der Waals surface area contributed by atoms with Crippen molar-refractivity contribution in [1.29, 1.82) is 0 Å². The third-order valence-corrected chi connectivity index (χ3v) is 6.12. The fourth-order valence-electron chi connectivity index (χ4n) is 4.63. The number of methoxy groups -OCH3 is 1. The van der Waals surface area contributed by atoms with Gasteiger partial charge in [-0.25, -0.2) is 4.98 Å². The second kappa shape index (κ2) is 8.70. The molecule has 2 aliphatic rings. The summed E-state index contributed by atoms with van der Waals surface area (Å²) in [5.74, 6) is 2.59. The molecule has 0 N–H and O–H groups in total. The van der Waals surface area contributed by atoms with E-state index in [0.717, 1.165) is 30.4 Å². The van der Waals surface area contributed by atoms with Gasteiger partial charge in [-0.1, -0.05) is 6.07 Å². The number of likely N-dealkylation sites (tertiary alicyclic amines) is 1. The van der Waals surface area contributed by atoms with Crippen LogP contribution in [-0.2, 0) is 0 Å². The zero-order valence-corrected chi connectivity index (χ0v) is 16.3. The lowest BCUT2D eigenvalue weighted by molar-refractivity contribution is 0.140. The van der Waals surface area contributed by atoms with E-state index in [-0.39, 0.29) is 0 Å². The van der Waals surface area contributed by atoms with Crippen LogP contribution in [0.1, 0.15) is 43.7 Å². The summed E-state index contributed by atoms with van der Waals surface area (Å²) in [5.41, 5.74) is 1.14. The van der Waals surface area contributed by atoms with E-state index >= 15 is 0 Å². The monoisotopic (exact) mass is 366 g/mol. The summed E-state index contributed by atoms with van der Waals surface area (Å²) in [6.07, 6.45) is 9.90. The molecule has 0 spiro atoms. The third-order valence-electron chi connectivity index (χ3n) is 6.12. The number of nitrogens with zero attached hydrogens (tertiary/aromatic N) is 4. The van der Waals surface area contributed by atoms with Crippen LogP contribution in [0.5, 0.6) is 5.75 Å². The van der Waals surface area contributed by atoms with Crippen molar-refractivity contribution in [3.05, 3.63) is 48.4 Å². The first-order chi connectivity index (χ1) is 13.3. The fourth-order valence-corrected chi connectivity index (χ4v) is 4.63. The average molecular weight is 367 g/mol. The molecule has 2 saturated heterocycles. The molecule has 0 amide bonds. The number of rotatable bonds is 4. The molecule has 5 nitrogen and oxygen atoms in total. The van der Waals surface area contributed by atoms with Gasteiger partial charge in [0.1, 0.15) is 11.6 Å². The average Bonchev–Trinajstić information content (AvgIpc) is 3.01. The first-order valence-corrected chi connectivity index (χ1v) is 10.2. The maximum atomic E-state index is 5.52. The van der Waals surface area contributed by atoms with Crippen molar-refractivity contribution >= 4 is 5.82 Å². The van der Waals surface area contributed by atoms with Gasteiger partial charge in [0.2, 0.25) is 0 Å². The second-order valence-electron chi connectivity index (χ2n) is 7.66. The Morgan fingerprint density at radius 1 is 0.889 bits per heavy atom. The van der Waals surface area contributed by atoms with Gasteiger partial charge in [0.15, 0.2) is 0 Å². The van der Waals surface area contributed by atoms with E-state index in [1.165, 1.54) is 45.2 Å². The van der Waals surface area contributed by atoms with E-state index in [9.17, 15) is 0 Å². The second-order valence-corrected chi connectivity index (χ2v) is 7.66. The number of anilines is 1. The van der Waals surface area contributed by atoms with Crippen LogP contribution in [0.4, 0.5) is 5.82 Å². The Bertz CT molecular complexity index is 715. The molecule has 27 heavy (non-hydrogen) atoms. The van der Waals surface area contributed by atoms with Crippen LogP contribution in [0.2, 0.25) is 0 Å². The molecule has 0 aliphatic carbocycles. The fraction of sp³-hybridized carbons (Fsp3) is 0.545. The van der Waals surface area contributed by atoms with E-state index in [0.29, 0.717) is 12.0 Å². The molecule has 2 aliphatic heterocycles. The minimum atomic E-state index is 0.521. The number of hydrogen-bond donors (Lipinski definition) is 0. The smallest absolute Gasteiger partial charge is 0.140 e. The zero-order valence-electron chi connectivity index (χ0n) is 16.3. The van der Waals surface area contributed by atoms with Crippen LogP contribution >= 0.6 is 0 Å². The SMILES string of the molecule is COc1cccnc1C1CCN(C2CCCN(c3ccccn3)CC2)CC1. The molecule has 1 unspecified atom stereocenters.